The van der Waals surface area contributed by atoms with E-state index in [0.717, 1.165) is 32.0 Å². The first kappa shape index (κ1) is 18.5. The van der Waals surface area contributed by atoms with Crippen molar-refractivity contribution in [1.82, 2.24) is 9.88 Å². The van der Waals surface area contributed by atoms with Gasteiger partial charge in [-0.3, -0.25) is 9.69 Å². The van der Waals surface area contributed by atoms with Gasteiger partial charge in [0.1, 0.15) is 11.6 Å². The molecule has 1 atom stereocenters. The molecule has 1 saturated heterocycles. The van der Waals surface area contributed by atoms with Crippen molar-refractivity contribution in [2.24, 2.45) is 0 Å². The number of pyridine rings is 1. The number of methoxy groups -OCH3 is 1. The molecule has 1 amide bonds. The maximum Gasteiger partial charge on any atom is 0.241 e. The number of rotatable bonds is 5. The number of carbonyl (C=O) groups is 1. The topological polar surface area (TPSA) is 57.7 Å². The number of anilines is 2. The van der Waals surface area contributed by atoms with Crippen molar-refractivity contribution in [3.63, 3.8) is 0 Å². The van der Waals surface area contributed by atoms with E-state index in [0.29, 0.717) is 16.5 Å². The molecule has 1 aromatic heterocycles. The number of halogens is 1. The maximum atomic E-state index is 12.6. The van der Waals surface area contributed by atoms with Crippen molar-refractivity contribution >= 4 is 29.0 Å². The van der Waals surface area contributed by atoms with Crippen LogP contribution < -0.4 is 15.0 Å². The Kier molecular flexibility index (Phi) is 5.96. The molecule has 1 fully saturated rings. The third-order valence-electron chi connectivity index (χ3n) is 4.63. The van der Waals surface area contributed by atoms with Crippen molar-refractivity contribution in [3.8, 4) is 5.75 Å². The highest BCUT2D eigenvalue weighted by Crippen LogP contribution is 2.27. The van der Waals surface area contributed by atoms with Crippen LogP contribution in [0, 0.1) is 0 Å². The summed E-state index contributed by atoms with van der Waals surface area (Å²) in [6.07, 6.45) is 1.80. The summed E-state index contributed by atoms with van der Waals surface area (Å²) in [6.45, 7) is 5.26. The third-order valence-corrected chi connectivity index (χ3v) is 4.93. The summed E-state index contributed by atoms with van der Waals surface area (Å²) in [5.74, 6) is 1.53. The van der Waals surface area contributed by atoms with Gasteiger partial charge < -0.3 is 15.0 Å². The highest BCUT2D eigenvalue weighted by atomic mass is 35.5. The minimum atomic E-state index is -0.221. The van der Waals surface area contributed by atoms with Crippen LogP contribution >= 0.6 is 11.6 Å². The van der Waals surface area contributed by atoms with E-state index in [1.54, 1.807) is 31.5 Å². The number of carbonyl (C=O) groups excluding carboxylic acids is 1. The maximum absolute atomic E-state index is 12.6. The van der Waals surface area contributed by atoms with Crippen LogP contribution in [0.15, 0.2) is 42.6 Å². The average molecular weight is 375 g/mol. The molecule has 0 spiro atoms. The molecule has 0 radical (unpaired) electrons. The van der Waals surface area contributed by atoms with Crippen molar-refractivity contribution < 1.29 is 9.53 Å². The van der Waals surface area contributed by atoms with Gasteiger partial charge in [0.25, 0.3) is 0 Å². The Morgan fingerprint density at radius 2 is 2.00 bits per heavy atom. The van der Waals surface area contributed by atoms with Gasteiger partial charge in [-0.1, -0.05) is 17.7 Å². The van der Waals surface area contributed by atoms with Gasteiger partial charge >= 0.3 is 0 Å². The lowest BCUT2D eigenvalue weighted by Gasteiger charge is -2.37. The molecule has 1 aromatic carbocycles. The average Bonchev–Trinajstić information content (AvgIpc) is 2.68. The number of nitrogens with one attached hydrogen (secondary N) is 1. The monoisotopic (exact) mass is 374 g/mol. The number of hydrogen-bond acceptors (Lipinski definition) is 5. The van der Waals surface area contributed by atoms with Gasteiger partial charge in [-0.05, 0) is 37.3 Å². The molecule has 1 aliphatic rings. The van der Waals surface area contributed by atoms with Crippen molar-refractivity contribution in [3.05, 3.63) is 47.6 Å². The van der Waals surface area contributed by atoms with E-state index in [1.807, 2.05) is 25.1 Å². The van der Waals surface area contributed by atoms with Gasteiger partial charge in [0.05, 0.1) is 18.2 Å². The van der Waals surface area contributed by atoms with Crippen LogP contribution in [0.5, 0.6) is 5.75 Å². The van der Waals surface area contributed by atoms with Crippen molar-refractivity contribution in [1.29, 1.82) is 0 Å². The minimum Gasteiger partial charge on any atom is -0.495 e. The van der Waals surface area contributed by atoms with Crippen LogP contribution in [0.2, 0.25) is 5.02 Å². The zero-order valence-electron chi connectivity index (χ0n) is 15.0. The predicted octanol–water partition coefficient (Wildman–Crippen LogP) is 2.89. The van der Waals surface area contributed by atoms with Crippen LogP contribution in [-0.4, -0.2) is 55.1 Å². The summed E-state index contributed by atoms with van der Waals surface area (Å²) < 4.78 is 5.13. The van der Waals surface area contributed by atoms with Crippen LogP contribution in [0.1, 0.15) is 6.92 Å². The summed E-state index contributed by atoms with van der Waals surface area (Å²) in [7, 11) is 1.56. The van der Waals surface area contributed by atoms with E-state index in [4.69, 9.17) is 16.3 Å². The molecule has 2 aromatic rings. The van der Waals surface area contributed by atoms with E-state index < -0.39 is 0 Å². The number of benzene rings is 1. The summed E-state index contributed by atoms with van der Waals surface area (Å²) in [5.41, 5.74) is 0.666. The van der Waals surface area contributed by atoms with E-state index in [2.05, 4.69) is 20.1 Å². The second kappa shape index (κ2) is 8.38. The largest absolute Gasteiger partial charge is 0.495 e. The molecule has 1 aliphatic heterocycles. The number of aromatic nitrogens is 1. The SMILES string of the molecule is COc1ccc(NC(=O)[C@H](C)N2CCN(c3ccccn3)CC2)cc1Cl. The Hall–Kier alpha value is -2.31. The zero-order valence-corrected chi connectivity index (χ0v) is 15.7. The normalized spacial score (nSPS) is 16.2. The van der Waals surface area contributed by atoms with E-state index in [9.17, 15) is 4.79 Å². The summed E-state index contributed by atoms with van der Waals surface area (Å²) in [6, 6.07) is 10.9. The molecular weight excluding hydrogens is 352 g/mol. The van der Waals surface area contributed by atoms with Crippen LogP contribution in [0.4, 0.5) is 11.5 Å². The summed E-state index contributed by atoms with van der Waals surface area (Å²) in [5, 5.41) is 3.40. The molecule has 138 valence electrons. The molecule has 1 N–H and O–H groups in total. The third kappa shape index (κ3) is 4.26. The quantitative estimate of drug-likeness (QED) is 0.872. The second-order valence-corrected chi connectivity index (χ2v) is 6.63. The first-order valence-electron chi connectivity index (χ1n) is 8.63. The number of piperazine rings is 1. The number of nitrogens with zero attached hydrogens (tertiary/aromatic N) is 3. The smallest absolute Gasteiger partial charge is 0.241 e. The second-order valence-electron chi connectivity index (χ2n) is 6.23. The Bertz CT molecular complexity index is 748. The Morgan fingerprint density at radius 1 is 1.23 bits per heavy atom. The van der Waals surface area contributed by atoms with E-state index in [1.165, 1.54) is 0 Å². The molecule has 26 heavy (non-hydrogen) atoms. The number of ether oxygens (including phenoxy) is 1. The van der Waals surface area contributed by atoms with Gasteiger partial charge in [-0.25, -0.2) is 4.98 Å². The van der Waals surface area contributed by atoms with Gasteiger partial charge in [-0.2, -0.15) is 0 Å². The van der Waals surface area contributed by atoms with Crippen molar-refractivity contribution in [2.45, 2.75) is 13.0 Å². The Balaban J connectivity index is 1.55. The van der Waals surface area contributed by atoms with E-state index in [-0.39, 0.29) is 11.9 Å². The predicted molar refractivity (Wildman–Crippen MR) is 104 cm³/mol. The zero-order chi connectivity index (χ0) is 18.5. The Labute approximate surface area is 158 Å². The molecule has 6 nitrogen and oxygen atoms in total. The standard InChI is InChI=1S/C19H23ClN4O2/c1-14(19(25)22-15-6-7-17(26-2)16(20)13-15)23-9-11-24(12-10-23)18-5-3-4-8-21-18/h3-8,13-14H,9-12H2,1-2H3,(H,22,25)/t14-/m0/s1. The lowest BCUT2D eigenvalue weighted by Crippen LogP contribution is -2.53. The Morgan fingerprint density at radius 3 is 2.62 bits per heavy atom. The molecule has 0 saturated carbocycles. The number of amides is 1. The molecule has 0 unspecified atom stereocenters. The minimum absolute atomic E-state index is 0.0440. The molecule has 0 bridgehead atoms. The van der Waals surface area contributed by atoms with Crippen LogP contribution in [0.25, 0.3) is 0 Å². The molecule has 3 rings (SSSR count). The van der Waals surface area contributed by atoms with Gasteiger partial charge in [0.2, 0.25) is 5.91 Å². The lowest BCUT2D eigenvalue weighted by molar-refractivity contribution is -0.120. The molecule has 2 heterocycles. The highest BCUT2D eigenvalue weighted by Gasteiger charge is 2.26. The number of hydrogen-bond donors (Lipinski definition) is 1. The molecule has 7 heteroatoms. The highest BCUT2D eigenvalue weighted by molar-refractivity contribution is 6.32. The first-order chi connectivity index (χ1) is 12.6. The lowest BCUT2D eigenvalue weighted by atomic mass is 10.2. The van der Waals surface area contributed by atoms with Gasteiger partial charge in [0.15, 0.2) is 0 Å². The fraction of sp³-hybridized carbons (Fsp3) is 0.368. The van der Waals surface area contributed by atoms with Crippen LogP contribution in [-0.2, 0) is 4.79 Å². The molecular formula is C19H23ClN4O2. The fourth-order valence-electron chi connectivity index (χ4n) is 3.04. The summed E-state index contributed by atoms with van der Waals surface area (Å²) >= 11 is 6.12. The van der Waals surface area contributed by atoms with Gasteiger partial charge in [0, 0.05) is 38.1 Å². The van der Waals surface area contributed by atoms with Crippen LogP contribution in [0.3, 0.4) is 0 Å². The molecule has 0 aliphatic carbocycles. The first-order valence-corrected chi connectivity index (χ1v) is 9.00. The van der Waals surface area contributed by atoms with Gasteiger partial charge in [-0.15, -0.1) is 0 Å². The van der Waals surface area contributed by atoms with Crippen molar-refractivity contribution in [2.75, 3.05) is 43.5 Å². The van der Waals surface area contributed by atoms with E-state index >= 15 is 0 Å². The fourth-order valence-corrected chi connectivity index (χ4v) is 3.29. The summed E-state index contributed by atoms with van der Waals surface area (Å²) in [4.78, 5) is 21.4.